The minimum absolute atomic E-state index is 0.0593. The molecule has 1 aliphatic rings. The largest absolute Gasteiger partial charge is 0.355 e. The Labute approximate surface area is 173 Å². The van der Waals surface area contributed by atoms with Gasteiger partial charge in [-0.15, -0.1) is 0 Å². The lowest BCUT2D eigenvalue weighted by Crippen LogP contribution is -2.46. The summed E-state index contributed by atoms with van der Waals surface area (Å²) >= 11 is 0. The topological polar surface area (TPSA) is 90.0 Å². The van der Waals surface area contributed by atoms with Crippen molar-refractivity contribution in [1.82, 2.24) is 19.4 Å². The molecule has 1 amide bonds. The average molecular weight is 425 g/mol. The zero-order chi connectivity index (χ0) is 21.4. The van der Waals surface area contributed by atoms with E-state index in [1.54, 1.807) is 0 Å². The molecule has 1 aromatic rings. The van der Waals surface area contributed by atoms with Crippen molar-refractivity contribution in [1.29, 1.82) is 0 Å². The van der Waals surface area contributed by atoms with Crippen LogP contribution in [0.4, 0.5) is 0 Å². The third kappa shape index (κ3) is 6.88. The van der Waals surface area contributed by atoms with Crippen LogP contribution < -0.4 is 5.32 Å². The zero-order valence-electron chi connectivity index (χ0n) is 17.6. The van der Waals surface area contributed by atoms with Gasteiger partial charge in [0.05, 0.1) is 11.4 Å². The molecule has 162 valence electrons. The molecule has 0 aromatic heterocycles. The fraction of sp³-hybridized carbons (Fsp3) is 0.600. The van der Waals surface area contributed by atoms with Crippen molar-refractivity contribution in [3.05, 3.63) is 29.8 Å². The predicted molar refractivity (Wildman–Crippen MR) is 112 cm³/mol. The normalized spacial score (nSPS) is 16.1. The van der Waals surface area contributed by atoms with Crippen molar-refractivity contribution in [2.45, 2.75) is 25.2 Å². The number of rotatable bonds is 10. The van der Waals surface area contributed by atoms with Crippen molar-refractivity contribution in [3.8, 4) is 0 Å². The maximum atomic E-state index is 12.6. The van der Waals surface area contributed by atoms with Gasteiger partial charge in [0.1, 0.15) is 0 Å². The second-order valence-electron chi connectivity index (χ2n) is 7.32. The van der Waals surface area contributed by atoms with E-state index in [2.05, 4.69) is 22.0 Å². The molecule has 1 heterocycles. The quantitative estimate of drug-likeness (QED) is 0.438. The van der Waals surface area contributed by atoms with Crippen molar-refractivity contribution in [3.63, 3.8) is 0 Å². The summed E-state index contributed by atoms with van der Waals surface area (Å²) in [6.07, 6.45) is 0.834. The third-order valence-electron chi connectivity index (χ3n) is 5.22. The van der Waals surface area contributed by atoms with Gasteiger partial charge >= 0.3 is 0 Å². The first-order valence-corrected chi connectivity index (χ1v) is 11.5. The Balaban J connectivity index is 1.74. The Kier molecular flexibility index (Phi) is 8.76. The van der Waals surface area contributed by atoms with Crippen LogP contribution in [-0.4, -0.2) is 93.6 Å². The molecule has 0 radical (unpaired) electrons. The van der Waals surface area contributed by atoms with Gasteiger partial charge in [-0.3, -0.25) is 9.59 Å². The second kappa shape index (κ2) is 10.8. The van der Waals surface area contributed by atoms with Gasteiger partial charge in [0, 0.05) is 45.3 Å². The van der Waals surface area contributed by atoms with Crippen molar-refractivity contribution in [2.75, 3.05) is 59.4 Å². The number of hydrogen-bond donors (Lipinski definition) is 1. The molecule has 8 nitrogen and oxygen atoms in total. The number of carbonyl (C=O) groups is 2. The average Bonchev–Trinajstić information content (AvgIpc) is 2.71. The highest BCUT2D eigenvalue weighted by atomic mass is 32.2. The van der Waals surface area contributed by atoms with E-state index < -0.39 is 10.0 Å². The first-order chi connectivity index (χ1) is 13.7. The van der Waals surface area contributed by atoms with E-state index in [0.29, 0.717) is 12.1 Å². The summed E-state index contributed by atoms with van der Waals surface area (Å²) in [5.74, 6) is -0.457. The number of amides is 1. The Morgan fingerprint density at radius 2 is 1.66 bits per heavy atom. The molecule has 1 fully saturated rings. The van der Waals surface area contributed by atoms with Crippen LogP contribution >= 0.6 is 0 Å². The van der Waals surface area contributed by atoms with Crippen LogP contribution in [0.3, 0.4) is 0 Å². The third-order valence-corrected chi connectivity index (χ3v) is 7.04. The summed E-state index contributed by atoms with van der Waals surface area (Å²) in [6.45, 7) is 10.1. The van der Waals surface area contributed by atoms with Crippen LogP contribution in [0.1, 0.15) is 30.6 Å². The van der Waals surface area contributed by atoms with Gasteiger partial charge in [0.25, 0.3) is 0 Å². The molecular weight excluding hydrogens is 392 g/mol. The van der Waals surface area contributed by atoms with E-state index >= 15 is 0 Å². The molecule has 0 bridgehead atoms. The van der Waals surface area contributed by atoms with Crippen LogP contribution in [0.15, 0.2) is 29.2 Å². The van der Waals surface area contributed by atoms with Gasteiger partial charge in [-0.2, -0.15) is 4.31 Å². The van der Waals surface area contributed by atoms with E-state index in [1.807, 2.05) is 0 Å². The summed E-state index contributed by atoms with van der Waals surface area (Å²) < 4.78 is 26.2. The number of ketones is 1. The lowest BCUT2D eigenvalue weighted by atomic mass is 10.2. The lowest BCUT2D eigenvalue weighted by molar-refractivity contribution is -0.121. The van der Waals surface area contributed by atoms with Crippen LogP contribution in [-0.2, 0) is 14.8 Å². The number of likely N-dealkylation sites (N-methyl/N-ethyl adjacent to an activating group) is 2. The number of benzene rings is 1. The number of hydrogen-bond acceptors (Lipinski definition) is 6. The van der Waals surface area contributed by atoms with E-state index in [-0.39, 0.29) is 23.1 Å². The first kappa shape index (κ1) is 23.5. The molecule has 0 unspecified atom stereocenters. The van der Waals surface area contributed by atoms with E-state index in [9.17, 15) is 18.0 Å². The Morgan fingerprint density at radius 1 is 1.07 bits per heavy atom. The first-order valence-electron chi connectivity index (χ1n) is 10.0. The molecule has 0 aliphatic carbocycles. The minimum Gasteiger partial charge on any atom is -0.355 e. The highest BCUT2D eigenvalue weighted by Crippen LogP contribution is 2.15. The molecule has 9 heteroatoms. The van der Waals surface area contributed by atoms with Crippen molar-refractivity contribution in [2.24, 2.45) is 0 Å². The number of nitrogens with zero attached hydrogens (tertiary/aromatic N) is 3. The van der Waals surface area contributed by atoms with E-state index in [4.69, 9.17) is 0 Å². The van der Waals surface area contributed by atoms with Crippen LogP contribution in [0.5, 0.6) is 0 Å². The predicted octanol–water partition coefficient (Wildman–Crippen LogP) is 0.654. The molecule has 2 rings (SSSR count). The number of Topliss-reactive ketones (excluding diaryl/α,β-unsaturated/α-hetero) is 1. The highest BCUT2D eigenvalue weighted by Gasteiger charge is 2.23. The molecule has 1 N–H and O–H groups in total. The monoisotopic (exact) mass is 424 g/mol. The maximum Gasteiger partial charge on any atom is 0.243 e. The van der Waals surface area contributed by atoms with E-state index in [1.165, 1.54) is 38.2 Å². The van der Waals surface area contributed by atoms with Gasteiger partial charge in [-0.1, -0.05) is 19.1 Å². The highest BCUT2D eigenvalue weighted by molar-refractivity contribution is 7.89. The molecule has 1 aromatic carbocycles. The molecular formula is C20H32N4O4S. The minimum atomic E-state index is -3.78. The van der Waals surface area contributed by atoms with Gasteiger partial charge in [0.15, 0.2) is 5.78 Å². The number of carbonyl (C=O) groups excluding carboxylic acids is 2. The molecule has 1 aliphatic heterocycles. The van der Waals surface area contributed by atoms with Crippen LogP contribution in [0.2, 0.25) is 0 Å². The van der Waals surface area contributed by atoms with Crippen molar-refractivity contribution >= 4 is 21.7 Å². The Morgan fingerprint density at radius 3 is 2.21 bits per heavy atom. The molecule has 29 heavy (non-hydrogen) atoms. The summed E-state index contributed by atoms with van der Waals surface area (Å²) in [4.78, 5) is 28.3. The maximum absolute atomic E-state index is 12.6. The lowest BCUT2D eigenvalue weighted by Gasteiger charge is -2.33. The molecule has 0 spiro atoms. The van der Waals surface area contributed by atoms with Gasteiger partial charge in [-0.25, -0.2) is 8.42 Å². The summed E-state index contributed by atoms with van der Waals surface area (Å²) in [6, 6.07) is 5.73. The second-order valence-corrected chi connectivity index (χ2v) is 9.37. The standard InChI is InChI=1S/C20H32N4O4S/c1-4-23-12-14-24(15-13-23)11-5-10-21-20(26)16-22(3)29(27,28)19-8-6-18(7-9-19)17(2)25/h6-9H,4-5,10-16H2,1-3H3,(H,21,26). The van der Waals surface area contributed by atoms with Gasteiger partial charge in [-0.05, 0) is 38.6 Å². The van der Waals surface area contributed by atoms with Crippen LogP contribution in [0, 0.1) is 0 Å². The summed E-state index contributed by atoms with van der Waals surface area (Å²) in [5, 5.41) is 2.79. The number of piperazine rings is 1. The fourth-order valence-electron chi connectivity index (χ4n) is 3.24. The summed E-state index contributed by atoms with van der Waals surface area (Å²) in [5.41, 5.74) is 0.445. The molecule has 0 saturated carbocycles. The fourth-order valence-corrected chi connectivity index (χ4v) is 4.37. The Bertz CT molecular complexity index is 787. The van der Waals surface area contributed by atoms with Gasteiger partial charge < -0.3 is 15.1 Å². The van der Waals surface area contributed by atoms with Gasteiger partial charge in [0.2, 0.25) is 15.9 Å². The van der Waals surface area contributed by atoms with E-state index in [0.717, 1.165) is 50.0 Å². The summed E-state index contributed by atoms with van der Waals surface area (Å²) in [7, 11) is -2.41. The smallest absolute Gasteiger partial charge is 0.243 e. The molecule has 0 atom stereocenters. The number of nitrogens with one attached hydrogen (secondary N) is 1. The van der Waals surface area contributed by atoms with Crippen molar-refractivity contribution < 1.29 is 18.0 Å². The zero-order valence-corrected chi connectivity index (χ0v) is 18.4. The molecule has 1 saturated heterocycles. The van der Waals surface area contributed by atoms with Crippen LogP contribution in [0.25, 0.3) is 0 Å². The number of sulfonamides is 1. The SMILES string of the molecule is CCN1CCN(CCCNC(=O)CN(C)S(=O)(=O)c2ccc(C(C)=O)cc2)CC1. The Hall–Kier alpha value is -1.81.